The minimum atomic E-state index is -1.90. The molecule has 0 radical (unpaired) electrons. The van der Waals surface area contributed by atoms with Gasteiger partial charge >= 0.3 is 17.9 Å². The molecule has 28 nitrogen and oxygen atoms in total. The predicted octanol–water partition coefficient (Wildman–Crippen LogP) is 6.42. The van der Waals surface area contributed by atoms with Gasteiger partial charge < -0.3 is 65.2 Å². The number of aromatic nitrogens is 6. The first-order chi connectivity index (χ1) is 48.4. The Morgan fingerprint density at radius 3 is 2.29 bits per heavy atom. The van der Waals surface area contributed by atoms with E-state index >= 15 is 0 Å². The number of ketones is 2. The lowest BCUT2D eigenvalue weighted by Crippen LogP contribution is -2.64. The van der Waals surface area contributed by atoms with Crippen LogP contribution in [-0.4, -0.2) is 181 Å². The molecule has 102 heavy (non-hydrogen) atoms. The van der Waals surface area contributed by atoms with Crippen LogP contribution in [0.25, 0.3) is 21.3 Å². The molecule has 5 aliphatic carbocycles. The molecule has 6 heterocycles. The number of carbonyl (C=O) groups is 9. The van der Waals surface area contributed by atoms with Gasteiger partial charge in [-0.1, -0.05) is 57.2 Å². The highest BCUT2D eigenvalue weighted by Gasteiger charge is 2.66. The third kappa shape index (κ3) is 15.4. The van der Waals surface area contributed by atoms with Crippen LogP contribution in [0.5, 0.6) is 0 Å². The lowest BCUT2D eigenvalue weighted by atomic mass is 9.39. The largest absolute Gasteiger partial charge is 0.479 e. The van der Waals surface area contributed by atoms with Gasteiger partial charge in [0.25, 0.3) is 5.91 Å². The normalized spacial score (nSPS) is 27.1. The Hall–Kier alpha value is -8.52. The summed E-state index contributed by atoms with van der Waals surface area (Å²) >= 11 is 2.62. The summed E-state index contributed by atoms with van der Waals surface area (Å²) in [6.07, 6.45) is 1.92. The SMILES string of the molecule is CSC1CC(=O)C(CC(=O)N[C@H](C(=O)N[C@@H](C)C(=O)Nc2ccc(COC(=O)CCCOC34CC5(C)CC(C)(CC(Cn6ncc(-c7ccc(N8CCn9cnc(C(=O)Nc%10nc%11ccccc%11s%10)c9C8)nc7C(=O)O)c6C)(C5)C3)C4)c(CC[C@@H]3O[C@H](C(=O)O)[C@@H](O)[C@H](O)[C@H]3O)c2)C(C)C)C1=O. The third-order valence-electron chi connectivity index (χ3n) is 21.1. The highest BCUT2D eigenvalue weighted by atomic mass is 32.2. The molecule has 0 spiro atoms. The monoisotopic (exact) mass is 1440 g/mol. The van der Waals surface area contributed by atoms with E-state index in [4.69, 9.17) is 24.3 Å². The van der Waals surface area contributed by atoms with Crippen LogP contribution in [0.15, 0.2) is 67.1 Å². The third-order valence-corrected chi connectivity index (χ3v) is 23.1. The van der Waals surface area contributed by atoms with Crippen molar-refractivity contribution in [2.45, 2.75) is 198 Å². The number of rotatable bonds is 27. The number of carbonyl (C=O) groups excluding carboxylic acids is 7. The first-order valence-corrected chi connectivity index (χ1v) is 36.6. The number of thioether (sulfide) groups is 1. The van der Waals surface area contributed by atoms with Gasteiger partial charge in [0.15, 0.2) is 28.4 Å². The van der Waals surface area contributed by atoms with Crippen molar-refractivity contribution in [2.24, 2.45) is 28.1 Å². The van der Waals surface area contributed by atoms with Gasteiger partial charge in [0.1, 0.15) is 48.6 Å². The summed E-state index contributed by atoms with van der Waals surface area (Å²) in [6.45, 7) is 13.3. The number of benzene rings is 2. The number of aliphatic carboxylic acids is 1. The molecule has 1 saturated heterocycles. The van der Waals surface area contributed by atoms with Gasteiger partial charge in [-0.15, -0.1) is 0 Å². The number of carboxylic acids is 2. The maximum Gasteiger partial charge on any atom is 0.355 e. The number of amides is 4. The van der Waals surface area contributed by atoms with Crippen LogP contribution in [0.4, 0.5) is 16.6 Å². The smallest absolute Gasteiger partial charge is 0.355 e. The van der Waals surface area contributed by atoms with Crippen LogP contribution in [-0.2, 0) is 80.4 Å². The number of imidazole rings is 1. The quantitative estimate of drug-likeness (QED) is 0.0152. The first kappa shape index (κ1) is 73.2. The number of hydrogen-bond acceptors (Lipinski definition) is 22. The van der Waals surface area contributed by atoms with Gasteiger partial charge in [-0.05, 0) is 148 Å². The van der Waals surface area contributed by atoms with Crippen molar-refractivity contribution in [2.75, 3.05) is 34.9 Å². The van der Waals surface area contributed by atoms with Crippen LogP contribution in [0.1, 0.15) is 149 Å². The second kappa shape index (κ2) is 29.3. The number of aliphatic hydroxyl groups excluding tert-OH is 3. The fraction of sp³-hybridized carbons (Fsp3) is 0.542. The Bertz CT molecular complexity index is 4230. The molecule has 11 atom stereocenters. The maximum absolute atomic E-state index is 13.7. The van der Waals surface area contributed by atoms with Gasteiger partial charge in [0.05, 0.1) is 57.9 Å². The number of esters is 1. The summed E-state index contributed by atoms with van der Waals surface area (Å²) in [5, 5.41) is 68.1. The summed E-state index contributed by atoms with van der Waals surface area (Å²) in [4.78, 5) is 134. The molecule has 2 aromatic carbocycles. The van der Waals surface area contributed by atoms with E-state index in [2.05, 4.69) is 45.1 Å². The molecule has 544 valence electrons. The number of thiazole rings is 1. The topological polar surface area (TPSA) is 395 Å². The average Bonchev–Trinajstić information content (AvgIpc) is 0.804. The van der Waals surface area contributed by atoms with E-state index in [-0.39, 0.29) is 90.3 Å². The van der Waals surface area contributed by atoms with Crippen LogP contribution in [0, 0.1) is 35.0 Å². The molecule has 6 aromatic rings. The number of para-hydroxylation sites is 1. The number of nitrogens with zero attached hydrogens (tertiary/aromatic N) is 7. The van der Waals surface area contributed by atoms with Crippen molar-refractivity contribution in [1.29, 1.82) is 0 Å². The number of pyridine rings is 1. The second-order valence-electron chi connectivity index (χ2n) is 29.7. The fourth-order valence-electron chi connectivity index (χ4n) is 17.4. The van der Waals surface area contributed by atoms with E-state index in [1.165, 1.54) is 30.0 Å². The lowest BCUT2D eigenvalue weighted by molar-refractivity contribution is -0.248. The molecule has 4 bridgehead atoms. The van der Waals surface area contributed by atoms with Crippen molar-refractivity contribution in [3.05, 3.63) is 101 Å². The van der Waals surface area contributed by atoms with Crippen LogP contribution in [0.3, 0.4) is 0 Å². The van der Waals surface area contributed by atoms with Crippen LogP contribution < -0.4 is 26.2 Å². The molecule has 9 N–H and O–H groups in total. The number of Topliss-reactive ketones (excluding diaryl/α,β-unsaturated/α-hetero) is 2. The summed E-state index contributed by atoms with van der Waals surface area (Å²) in [6, 6.07) is 13.7. The minimum absolute atomic E-state index is 0.0147. The highest BCUT2D eigenvalue weighted by Crippen LogP contribution is 2.72. The molecule has 30 heteroatoms. The van der Waals surface area contributed by atoms with Gasteiger partial charge in [-0.2, -0.15) is 16.9 Å². The maximum atomic E-state index is 13.7. The van der Waals surface area contributed by atoms with E-state index in [0.717, 1.165) is 54.4 Å². The minimum Gasteiger partial charge on any atom is -0.479 e. The second-order valence-corrected chi connectivity index (χ2v) is 31.8. The Kier molecular flexibility index (Phi) is 21.0. The number of ether oxygens (including phenoxy) is 3. The number of nitrogens with one attached hydrogen (secondary N) is 4. The molecular weight excluding hydrogens is 1350 g/mol. The summed E-state index contributed by atoms with van der Waals surface area (Å²) in [5.74, 6) is -7.40. The number of fused-ring (bicyclic) bond motifs is 2. The number of hydrogen-bond donors (Lipinski definition) is 9. The zero-order valence-corrected chi connectivity index (χ0v) is 59.6. The van der Waals surface area contributed by atoms with Gasteiger partial charge in [0.2, 0.25) is 17.7 Å². The lowest BCUT2D eigenvalue weighted by Gasteiger charge is -2.69. The molecule has 7 aliphatic rings. The zero-order chi connectivity index (χ0) is 72.9. The number of aryl methyl sites for hydroxylation is 1. The van der Waals surface area contributed by atoms with Crippen molar-refractivity contribution in [3.63, 3.8) is 0 Å². The van der Waals surface area contributed by atoms with E-state index in [1.54, 1.807) is 56.9 Å². The van der Waals surface area contributed by atoms with Gasteiger partial charge in [0, 0.05) is 68.0 Å². The molecule has 5 saturated carbocycles. The number of aliphatic hydroxyl groups is 3. The van der Waals surface area contributed by atoms with Crippen molar-refractivity contribution < 1.29 is 82.9 Å². The molecule has 4 unspecified atom stereocenters. The van der Waals surface area contributed by atoms with Crippen molar-refractivity contribution in [1.82, 2.24) is 39.9 Å². The Balaban J connectivity index is 0.669. The molecule has 13 rings (SSSR count). The van der Waals surface area contributed by atoms with E-state index in [1.807, 2.05) is 51.4 Å². The highest BCUT2D eigenvalue weighted by molar-refractivity contribution is 8.00. The average molecular weight is 1440 g/mol. The molecule has 6 fully saturated rings. The number of anilines is 3. The number of aromatic carboxylic acids is 1. The fourth-order valence-corrected chi connectivity index (χ4v) is 19.0. The van der Waals surface area contributed by atoms with E-state index in [9.17, 15) is 68.7 Å². The molecular formula is C72H87N11O17S2. The molecule has 4 aromatic heterocycles. The van der Waals surface area contributed by atoms with Gasteiger partial charge in [-0.25, -0.2) is 24.5 Å². The van der Waals surface area contributed by atoms with Crippen molar-refractivity contribution in [3.8, 4) is 11.1 Å². The summed E-state index contributed by atoms with van der Waals surface area (Å²) in [5.41, 5.74) is 3.90. The van der Waals surface area contributed by atoms with Gasteiger partial charge in [-0.3, -0.25) is 43.6 Å². The Morgan fingerprint density at radius 1 is 0.833 bits per heavy atom. The predicted molar refractivity (Wildman–Crippen MR) is 374 cm³/mol. The van der Waals surface area contributed by atoms with E-state index < -0.39 is 113 Å². The first-order valence-electron chi connectivity index (χ1n) is 34.5. The van der Waals surface area contributed by atoms with Crippen LogP contribution >= 0.6 is 23.1 Å². The van der Waals surface area contributed by atoms with Crippen molar-refractivity contribution >= 4 is 103 Å². The molecule has 2 aliphatic heterocycles. The Labute approximate surface area is 596 Å². The Morgan fingerprint density at radius 2 is 1.59 bits per heavy atom. The zero-order valence-electron chi connectivity index (χ0n) is 57.9. The number of carboxylic acid groups (broad SMARTS) is 2. The summed E-state index contributed by atoms with van der Waals surface area (Å²) < 4.78 is 23.3. The summed E-state index contributed by atoms with van der Waals surface area (Å²) in [7, 11) is 0. The van der Waals surface area contributed by atoms with Crippen LogP contribution in [0.2, 0.25) is 0 Å². The standard InChI is InChI=1S/C72H87N11O17S2/c1-37(2)55(79-53(85)24-44-48(84)25-51(101-7)58(44)87)64(92)75-38(3)63(91)76-42-16-14-41(40(23-42)15-18-49-59(88)60(89)61(90)62(100-49)67(96)97)28-98-54(86)13-10-22-99-72-32-69(5)29-70(6,33-72)31-71(30-69,34-72)35-83-39(4)45(26-74-83)43-17-19-52(78-56(43)66(94)95)81-20-21-82-36-73-57(47(82)27-81)65(93)80-68-77-46-11-8-9-12-50(46)102-68/h8-9,11-12,14,16-17,19,23,26,36-38,44,49,51,55,59-62,88-90H,10,13,15,18,20-22,24-25,27-35H2,1-7H3,(H,75,92)(H,76,91)(H,79,85)(H,94,95)(H,96,97)(H,77,80,93)/t38-,44?,49-,51?,55-,59-,60+,61-,62-,69?,70?,71?,72?/m0/s1. The van der Waals surface area contributed by atoms with E-state index in [0.29, 0.717) is 65.0 Å². The molecule has 4 amide bonds.